The largest absolute Gasteiger partial charge is 0.508 e. The number of nitrogens with one attached hydrogen (secondary N) is 4. The summed E-state index contributed by atoms with van der Waals surface area (Å²) in [4.78, 5) is 83.7. The maximum Gasteiger partial charge on any atom is 0.326 e. The number of aliphatic hydroxyl groups is 1. The Hall–Kier alpha value is -5.70. The highest BCUT2D eigenvalue weighted by atomic mass is 16.4. The highest BCUT2D eigenvalue weighted by Gasteiger charge is 2.34. The fourth-order valence-corrected chi connectivity index (χ4v) is 4.37. The number of carboxylic acids is 1. The predicted octanol–water partition coefficient (Wildman–Crippen LogP) is -5.35. The van der Waals surface area contributed by atoms with Crippen LogP contribution >= 0.6 is 0 Å². The van der Waals surface area contributed by atoms with Gasteiger partial charge in [0, 0.05) is 19.5 Å². The lowest BCUT2D eigenvalue weighted by molar-refractivity contribution is -0.144. The van der Waals surface area contributed by atoms with Crippen molar-refractivity contribution in [3.8, 4) is 5.75 Å². The van der Waals surface area contributed by atoms with E-state index in [2.05, 4.69) is 25.9 Å². The molecular formula is C29H48N12O9. The van der Waals surface area contributed by atoms with Gasteiger partial charge in [-0.15, -0.1) is 0 Å². The summed E-state index contributed by atoms with van der Waals surface area (Å²) in [7, 11) is 0. The van der Waals surface area contributed by atoms with Crippen LogP contribution in [0.3, 0.4) is 0 Å². The molecule has 0 saturated heterocycles. The predicted molar refractivity (Wildman–Crippen MR) is 180 cm³/mol. The van der Waals surface area contributed by atoms with Crippen molar-refractivity contribution in [1.82, 2.24) is 21.3 Å². The molecule has 21 heteroatoms. The van der Waals surface area contributed by atoms with Gasteiger partial charge in [-0.3, -0.25) is 34.0 Å². The number of nitrogens with two attached hydrogens (primary N) is 6. The molecule has 0 radical (unpaired) electrons. The Morgan fingerprint density at radius 3 is 1.72 bits per heavy atom. The van der Waals surface area contributed by atoms with E-state index in [4.69, 9.17) is 34.4 Å². The second-order valence-electron chi connectivity index (χ2n) is 11.3. The van der Waals surface area contributed by atoms with Crippen molar-refractivity contribution in [2.24, 2.45) is 44.4 Å². The summed E-state index contributed by atoms with van der Waals surface area (Å²) in [6.45, 7) is 1.46. The van der Waals surface area contributed by atoms with E-state index < -0.39 is 78.2 Å². The number of guanidine groups is 2. The Morgan fingerprint density at radius 1 is 0.720 bits per heavy atom. The molecule has 1 aromatic carbocycles. The average molecular weight is 709 g/mol. The van der Waals surface area contributed by atoms with Crippen LogP contribution in [0.25, 0.3) is 0 Å². The van der Waals surface area contributed by atoms with Crippen LogP contribution < -0.4 is 55.7 Å². The van der Waals surface area contributed by atoms with Crippen molar-refractivity contribution in [1.29, 1.82) is 0 Å². The summed E-state index contributed by atoms with van der Waals surface area (Å²) >= 11 is 0. The van der Waals surface area contributed by atoms with E-state index in [-0.39, 0.29) is 56.4 Å². The Labute approximate surface area is 287 Å². The first kappa shape index (κ1) is 42.3. The van der Waals surface area contributed by atoms with E-state index in [0.717, 1.165) is 6.92 Å². The van der Waals surface area contributed by atoms with Crippen molar-refractivity contribution in [3.05, 3.63) is 29.8 Å². The summed E-state index contributed by atoms with van der Waals surface area (Å²) in [6, 6.07) is -1.65. The number of carboxylic acid groups (broad SMARTS) is 1. The van der Waals surface area contributed by atoms with Crippen LogP contribution in [0.4, 0.5) is 0 Å². The Kier molecular flexibility index (Phi) is 18.0. The van der Waals surface area contributed by atoms with Crippen LogP contribution in [0.1, 0.15) is 44.6 Å². The third-order valence-corrected chi connectivity index (χ3v) is 6.97. The minimum atomic E-state index is -1.76. The number of amides is 5. The molecule has 278 valence electrons. The van der Waals surface area contributed by atoms with E-state index in [1.54, 1.807) is 0 Å². The lowest BCUT2D eigenvalue weighted by Crippen LogP contribution is -2.61. The molecule has 21 nitrogen and oxygen atoms in total. The zero-order valence-electron chi connectivity index (χ0n) is 27.6. The summed E-state index contributed by atoms with van der Waals surface area (Å²) in [6.07, 6.45) is -1.81. The molecular weight excluding hydrogens is 660 g/mol. The van der Waals surface area contributed by atoms with Gasteiger partial charge in [-0.05, 0) is 50.3 Å². The first-order valence-electron chi connectivity index (χ1n) is 15.5. The van der Waals surface area contributed by atoms with Crippen molar-refractivity contribution < 1.29 is 44.1 Å². The highest BCUT2D eigenvalue weighted by molar-refractivity contribution is 5.96. The van der Waals surface area contributed by atoms with Gasteiger partial charge in [0.25, 0.3) is 0 Å². The normalized spacial score (nSPS) is 14.3. The molecule has 0 unspecified atom stereocenters. The van der Waals surface area contributed by atoms with Crippen molar-refractivity contribution in [2.75, 3.05) is 13.1 Å². The van der Waals surface area contributed by atoms with Crippen LogP contribution in [0, 0.1) is 0 Å². The molecule has 1 aromatic rings. The van der Waals surface area contributed by atoms with Gasteiger partial charge in [-0.25, -0.2) is 4.79 Å². The number of phenols is 1. The van der Waals surface area contributed by atoms with E-state index in [0.29, 0.717) is 12.0 Å². The zero-order chi connectivity index (χ0) is 38.0. The Morgan fingerprint density at radius 2 is 1.22 bits per heavy atom. The fourth-order valence-electron chi connectivity index (χ4n) is 4.37. The number of hydrogen-bond acceptors (Lipinski definition) is 11. The molecule has 6 atom stereocenters. The third kappa shape index (κ3) is 16.4. The number of primary amides is 1. The summed E-state index contributed by atoms with van der Waals surface area (Å²) in [5.41, 5.74) is 32.9. The number of benzene rings is 1. The van der Waals surface area contributed by atoms with Gasteiger partial charge in [0.15, 0.2) is 11.9 Å². The minimum absolute atomic E-state index is 0.00222. The second kappa shape index (κ2) is 21.3. The smallest absolute Gasteiger partial charge is 0.326 e. The van der Waals surface area contributed by atoms with Gasteiger partial charge in [-0.1, -0.05) is 12.1 Å². The number of aliphatic imine (C=N–C) groups is 2. The number of rotatable bonds is 22. The van der Waals surface area contributed by atoms with E-state index in [9.17, 15) is 44.1 Å². The maximum atomic E-state index is 13.6. The molecule has 0 aromatic heterocycles. The van der Waals surface area contributed by atoms with Crippen LogP contribution in [0.15, 0.2) is 34.3 Å². The highest BCUT2D eigenvalue weighted by Crippen LogP contribution is 2.13. The molecule has 0 fully saturated rings. The van der Waals surface area contributed by atoms with Gasteiger partial charge in [0.05, 0.1) is 18.6 Å². The zero-order valence-corrected chi connectivity index (χ0v) is 27.6. The summed E-state index contributed by atoms with van der Waals surface area (Å²) in [5.74, 6) is -6.68. The van der Waals surface area contributed by atoms with E-state index in [1.807, 2.05) is 5.32 Å². The molecule has 1 rings (SSSR count). The van der Waals surface area contributed by atoms with Crippen molar-refractivity contribution in [3.63, 3.8) is 0 Å². The molecule has 19 N–H and O–H groups in total. The quantitative estimate of drug-likeness (QED) is 0.0304. The van der Waals surface area contributed by atoms with Gasteiger partial charge in [0.2, 0.25) is 29.5 Å². The number of carbonyl (C=O) groups is 6. The number of nitrogens with zero attached hydrogens (tertiary/aromatic N) is 2. The lowest BCUT2D eigenvalue weighted by Gasteiger charge is -2.27. The van der Waals surface area contributed by atoms with Gasteiger partial charge in [0.1, 0.15) is 29.9 Å². The summed E-state index contributed by atoms with van der Waals surface area (Å²) < 4.78 is 0. The molecule has 0 bridgehead atoms. The maximum absolute atomic E-state index is 13.6. The molecule has 0 saturated carbocycles. The Bertz CT molecular complexity index is 1380. The lowest BCUT2D eigenvalue weighted by atomic mass is 10.0. The third-order valence-electron chi connectivity index (χ3n) is 6.97. The first-order valence-corrected chi connectivity index (χ1v) is 15.5. The molecule has 5 amide bonds. The number of phenolic OH excluding ortho intramolecular Hbond substituents is 1. The number of aliphatic hydroxyl groups excluding tert-OH is 1. The second-order valence-corrected chi connectivity index (χ2v) is 11.3. The van der Waals surface area contributed by atoms with Gasteiger partial charge in [-0.2, -0.15) is 0 Å². The standard InChI is InChI=1S/C29H48N12O9/c1-14(42)22(26(48)40-20(27(49)50)13-21(31)44)41-25(47)19(12-15-6-8-16(43)9-7-15)39-24(46)18(5-3-11-37-29(34)35)38-23(45)17(30)4-2-10-36-28(32)33/h6-9,14,17-20,22,42-43H,2-5,10-13,30H2,1H3,(H2,31,44)(H,38,45)(H,39,46)(H,40,48)(H,41,47)(H,49,50)(H4,32,33,36)(H4,34,35,37)/t14-,17+,18+,19+,20+,22+/m1/s1. The monoisotopic (exact) mass is 708 g/mol. The van der Waals surface area contributed by atoms with Crippen molar-refractivity contribution in [2.45, 2.75) is 81.8 Å². The van der Waals surface area contributed by atoms with Crippen LogP contribution in [-0.4, -0.2) is 112 Å². The van der Waals surface area contributed by atoms with E-state index in [1.165, 1.54) is 24.3 Å². The number of aromatic hydroxyl groups is 1. The fraction of sp³-hybridized carbons (Fsp3) is 0.517. The molecule has 0 heterocycles. The molecule has 0 aliphatic rings. The first-order chi connectivity index (χ1) is 23.4. The topological polar surface area (TPSA) is 392 Å². The molecule has 0 aliphatic heterocycles. The van der Waals surface area contributed by atoms with Crippen LogP contribution in [0.2, 0.25) is 0 Å². The molecule has 50 heavy (non-hydrogen) atoms. The average Bonchev–Trinajstić information content (AvgIpc) is 3.02. The van der Waals surface area contributed by atoms with Crippen LogP contribution in [0.5, 0.6) is 5.75 Å². The molecule has 0 aliphatic carbocycles. The number of carbonyl (C=O) groups excluding carboxylic acids is 5. The van der Waals surface area contributed by atoms with Crippen molar-refractivity contribution >= 4 is 47.4 Å². The number of hydrogen-bond donors (Lipinski definition) is 13. The SMILES string of the molecule is C[C@@H](O)[C@H](NC(=O)[C@H](Cc1ccc(O)cc1)NC(=O)[C@H](CCCN=C(N)N)NC(=O)[C@@H](N)CCCN=C(N)N)C(=O)N[C@@H](CC(N)=O)C(=O)O. The molecule has 0 spiro atoms. The summed E-state index contributed by atoms with van der Waals surface area (Å²) in [5, 5.41) is 38.8. The number of aliphatic carboxylic acids is 1. The minimum Gasteiger partial charge on any atom is -0.508 e. The Balaban J connectivity index is 3.31. The van der Waals surface area contributed by atoms with Gasteiger partial charge < -0.3 is 71.0 Å². The van der Waals surface area contributed by atoms with Gasteiger partial charge >= 0.3 is 5.97 Å². The van der Waals surface area contributed by atoms with E-state index >= 15 is 0 Å². The van der Waals surface area contributed by atoms with Crippen LogP contribution in [-0.2, 0) is 35.2 Å².